The first-order valence-electron chi connectivity index (χ1n) is 13.5. The average Bonchev–Trinajstić information content (AvgIpc) is 3.84. The van der Waals surface area contributed by atoms with Crippen molar-refractivity contribution >= 4 is 52.7 Å². The molecule has 7 heteroatoms. The van der Waals surface area contributed by atoms with Gasteiger partial charge in [-0.05, 0) is 90.0 Å². The van der Waals surface area contributed by atoms with Gasteiger partial charge in [-0.2, -0.15) is 0 Å². The fourth-order valence-corrected chi connectivity index (χ4v) is 5.45. The van der Waals surface area contributed by atoms with E-state index >= 15 is 0 Å². The summed E-state index contributed by atoms with van der Waals surface area (Å²) in [5.41, 5.74) is 10.3. The summed E-state index contributed by atoms with van der Waals surface area (Å²) < 4.78 is 11.0. The highest BCUT2D eigenvalue weighted by Gasteiger charge is 2.16. The first-order valence-corrected chi connectivity index (χ1v) is 13.5. The van der Waals surface area contributed by atoms with Crippen LogP contribution in [0.5, 0.6) is 11.5 Å². The highest BCUT2D eigenvalue weighted by atomic mass is 16.5. The molecule has 42 heavy (non-hydrogen) atoms. The molecule has 7 rings (SSSR count). The normalized spacial score (nSPS) is 12.0. The molecule has 7 nitrogen and oxygen atoms in total. The van der Waals surface area contributed by atoms with Crippen molar-refractivity contribution in [2.24, 2.45) is 0 Å². The van der Waals surface area contributed by atoms with E-state index in [1.807, 2.05) is 103 Å². The van der Waals surface area contributed by atoms with E-state index in [-0.39, 0.29) is 0 Å². The molecular weight excluding hydrogens is 524 g/mol. The fourth-order valence-electron chi connectivity index (χ4n) is 5.45. The van der Waals surface area contributed by atoms with Crippen LogP contribution >= 0.6 is 0 Å². The number of fused-ring (bicyclic) bond motifs is 8. The molecular formula is C35H26N4O3. The Kier molecular flexibility index (Phi) is 6.24. The third-order valence-electron chi connectivity index (χ3n) is 7.45. The van der Waals surface area contributed by atoms with E-state index in [0.29, 0.717) is 16.8 Å². The van der Waals surface area contributed by atoms with Crippen molar-refractivity contribution in [2.75, 3.05) is 14.2 Å². The first-order chi connectivity index (χ1) is 20.6. The van der Waals surface area contributed by atoms with E-state index in [1.165, 1.54) is 0 Å². The summed E-state index contributed by atoms with van der Waals surface area (Å²) in [5, 5.41) is 0. The molecule has 0 radical (unpaired) electrons. The summed E-state index contributed by atoms with van der Waals surface area (Å²) in [6, 6.07) is 25.7. The van der Waals surface area contributed by atoms with Crippen molar-refractivity contribution < 1.29 is 14.3 Å². The van der Waals surface area contributed by atoms with Crippen LogP contribution in [-0.2, 0) is 0 Å². The van der Waals surface area contributed by atoms with Crippen molar-refractivity contribution in [3.05, 3.63) is 107 Å². The molecule has 0 saturated heterocycles. The Morgan fingerprint density at radius 1 is 0.619 bits per heavy atom. The van der Waals surface area contributed by atoms with Gasteiger partial charge in [0, 0.05) is 27.7 Å². The molecule has 0 saturated carbocycles. The van der Waals surface area contributed by atoms with E-state index in [9.17, 15) is 4.79 Å². The molecule has 3 aromatic heterocycles. The van der Waals surface area contributed by atoms with Crippen LogP contribution in [0.3, 0.4) is 0 Å². The number of carbonyl (C=O) groups excluding carboxylic acids is 1. The van der Waals surface area contributed by atoms with Gasteiger partial charge in [-0.25, -0.2) is 9.97 Å². The predicted octanol–water partition coefficient (Wildman–Crippen LogP) is 7.82. The summed E-state index contributed by atoms with van der Waals surface area (Å²) >= 11 is 0. The number of hydrogen-bond donors (Lipinski definition) is 2. The number of carbonyl (C=O) groups is 1. The molecule has 2 aliphatic rings. The lowest BCUT2D eigenvalue weighted by Gasteiger charge is -2.06. The summed E-state index contributed by atoms with van der Waals surface area (Å²) in [7, 11) is 3.30. The zero-order chi connectivity index (χ0) is 28.6. The minimum absolute atomic E-state index is 0.464. The van der Waals surface area contributed by atoms with E-state index in [4.69, 9.17) is 19.4 Å². The Hall–Kier alpha value is -5.69. The SMILES string of the molecule is COc1cccc(-c2c3nc(c(C=O)c4ccc([nH]4)c(-c4cccc(OC)c4)c4nc(cc5ccc2[nH]5)C=C4)C=C3)c1. The Morgan fingerprint density at radius 2 is 1.21 bits per heavy atom. The number of rotatable bonds is 5. The maximum Gasteiger partial charge on any atom is 0.154 e. The van der Waals surface area contributed by atoms with Gasteiger partial charge in [0.1, 0.15) is 11.5 Å². The Balaban J connectivity index is 1.60. The minimum Gasteiger partial charge on any atom is -0.497 e. The zero-order valence-corrected chi connectivity index (χ0v) is 23.0. The van der Waals surface area contributed by atoms with Gasteiger partial charge in [-0.15, -0.1) is 0 Å². The van der Waals surface area contributed by atoms with Crippen LogP contribution in [0.2, 0.25) is 0 Å². The summed E-state index contributed by atoms with van der Waals surface area (Å²) in [5.74, 6) is 1.49. The number of aromatic nitrogens is 4. The summed E-state index contributed by atoms with van der Waals surface area (Å²) in [6.45, 7) is 0. The first kappa shape index (κ1) is 25.3. The maximum absolute atomic E-state index is 12.5. The number of aromatic amines is 2. The molecule has 5 aromatic rings. The van der Waals surface area contributed by atoms with Gasteiger partial charge in [0.2, 0.25) is 0 Å². The number of methoxy groups -OCH3 is 2. The van der Waals surface area contributed by atoms with Crippen molar-refractivity contribution in [1.29, 1.82) is 0 Å². The van der Waals surface area contributed by atoms with Gasteiger partial charge in [0.15, 0.2) is 6.29 Å². The molecule has 0 aliphatic carbocycles. The van der Waals surface area contributed by atoms with E-state index in [2.05, 4.69) is 9.97 Å². The van der Waals surface area contributed by atoms with Crippen LogP contribution < -0.4 is 9.47 Å². The topological polar surface area (TPSA) is 92.9 Å². The molecule has 2 N–H and O–H groups in total. The third kappa shape index (κ3) is 4.47. The van der Waals surface area contributed by atoms with E-state index < -0.39 is 0 Å². The second-order valence-corrected chi connectivity index (χ2v) is 9.97. The molecule has 8 bridgehead atoms. The zero-order valence-electron chi connectivity index (χ0n) is 23.0. The molecule has 0 fully saturated rings. The molecule has 0 atom stereocenters. The third-order valence-corrected chi connectivity index (χ3v) is 7.45. The minimum atomic E-state index is 0.464. The summed E-state index contributed by atoms with van der Waals surface area (Å²) in [4.78, 5) is 29.5. The van der Waals surface area contributed by atoms with Crippen molar-refractivity contribution in [3.63, 3.8) is 0 Å². The van der Waals surface area contributed by atoms with Crippen LogP contribution in [0.15, 0.2) is 78.9 Å². The van der Waals surface area contributed by atoms with Crippen LogP contribution in [0, 0.1) is 0 Å². The van der Waals surface area contributed by atoms with Crippen LogP contribution in [-0.4, -0.2) is 40.4 Å². The summed E-state index contributed by atoms with van der Waals surface area (Å²) in [6.07, 6.45) is 8.68. The van der Waals surface area contributed by atoms with Crippen LogP contribution in [0.25, 0.3) is 68.6 Å². The van der Waals surface area contributed by atoms with E-state index in [0.717, 1.165) is 73.7 Å². The lowest BCUT2D eigenvalue weighted by atomic mass is 10.0. The Morgan fingerprint density at radius 3 is 1.90 bits per heavy atom. The number of hydrogen-bond acceptors (Lipinski definition) is 5. The van der Waals surface area contributed by atoms with Crippen molar-refractivity contribution in [3.8, 4) is 33.8 Å². The average molecular weight is 551 g/mol. The van der Waals surface area contributed by atoms with Crippen molar-refractivity contribution in [2.45, 2.75) is 0 Å². The molecule has 0 unspecified atom stereocenters. The van der Waals surface area contributed by atoms with Gasteiger partial charge in [0.25, 0.3) is 0 Å². The van der Waals surface area contributed by atoms with Crippen LogP contribution in [0.4, 0.5) is 0 Å². The van der Waals surface area contributed by atoms with Gasteiger partial charge in [-0.1, -0.05) is 24.3 Å². The standard InChI is InChI=1S/C35H26N4O3/c1-41-25-7-3-5-21(17-25)34-30-11-9-23(36-30)19-24-10-12-31(37-24)35(22-6-4-8-26(18-22)42-2)33-16-14-29(39-33)27(20-40)28-13-15-32(34)38-28/h3-20,36,39H,1-2H3. The van der Waals surface area contributed by atoms with Crippen molar-refractivity contribution in [1.82, 2.24) is 19.9 Å². The largest absolute Gasteiger partial charge is 0.497 e. The highest BCUT2D eigenvalue weighted by molar-refractivity contribution is 5.98. The highest BCUT2D eigenvalue weighted by Crippen LogP contribution is 2.34. The van der Waals surface area contributed by atoms with Gasteiger partial charge in [0.05, 0.1) is 48.1 Å². The number of nitrogens with zero attached hydrogens (tertiary/aromatic N) is 2. The fraction of sp³-hybridized carbons (Fsp3) is 0.0571. The van der Waals surface area contributed by atoms with Gasteiger partial charge in [-0.3, -0.25) is 4.79 Å². The van der Waals surface area contributed by atoms with Crippen LogP contribution in [0.1, 0.15) is 33.1 Å². The monoisotopic (exact) mass is 550 g/mol. The molecule has 0 spiro atoms. The number of nitrogens with one attached hydrogen (secondary N) is 2. The second-order valence-electron chi connectivity index (χ2n) is 9.97. The number of ether oxygens (including phenoxy) is 2. The number of benzene rings is 2. The number of aldehydes is 1. The lowest BCUT2D eigenvalue weighted by molar-refractivity contribution is 0.112. The number of H-pyrrole nitrogens is 2. The van der Waals surface area contributed by atoms with E-state index in [1.54, 1.807) is 14.2 Å². The Bertz CT molecular complexity index is 2050. The quantitative estimate of drug-likeness (QED) is 0.213. The molecule has 5 heterocycles. The Labute approximate surface area is 241 Å². The lowest BCUT2D eigenvalue weighted by Crippen LogP contribution is -1.90. The van der Waals surface area contributed by atoms with Gasteiger partial charge < -0.3 is 19.4 Å². The smallest absolute Gasteiger partial charge is 0.154 e. The molecule has 204 valence electrons. The second kappa shape index (κ2) is 10.4. The molecule has 2 aromatic carbocycles. The predicted molar refractivity (Wildman–Crippen MR) is 168 cm³/mol. The molecule has 2 aliphatic heterocycles. The van der Waals surface area contributed by atoms with Gasteiger partial charge >= 0.3 is 0 Å². The maximum atomic E-state index is 12.5. The molecule has 0 amide bonds.